The van der Waals surface area contributed by atoms with Crippen molar-refractivity contribution in [2.75, 3.05) is 27.8 Å². The zero-order chi connectivity index (χ0) is 12.1. The number of hydrogen-bond donors (Lipinski definition) is 3. The van der Waals surface area contributed by atoms with Crippen LogP contribution in [-0.2, 0) is 0 Å². The third-order valence-corrected chi connectivity index (χ3v) is 2.31. The second kappa shape index (κ2) is 5.58. The Morgan fingerprint density at radius 3 is 2.50 bits per heavy atom. The maximum Gasteiger partial charge on any atom is 0.203 e. The number of ether oxygens (including phenoxy) is 2. The van der Waals surface area contributed by atoms with Crippen LogP contribution in [0, 0.1) is 0 Å². The van der Waals surface area contributed by atoms with Crippen molar-refractivity contribution in [3.63, 3.8) is 0 Å². The number of aliphatic hydroxyl groups is 1. The molecule has 5 nitrogen and oxygen atoms in total. The zero-order valence-corrected chi connectivity index (χ0v) is 9.65. The van der Waals surface area contributed by atoms with Crippen molar-refractivity contribution in [2.45, 2.75) is 6.10 Å². The van der Waals surface area contributed by atoms with Gasteiger partial charge in [0.25, 0.3) is 0 Å². The molecule has 0 aliphatic rings. The molecule has 1 rings (SSSR count). The summed E-state index contributed by atoms with van der Waals surface area (Å²) >= 11 is 0. The van der Waals surface area contributed by atoms with Crippen LogP contribution in [0.5, 0.6) is 17.2 Å². The second-order valence-electron chi connectivity index (χ2n) is 3.31. The Morgan fingerprint density at radius 1 is 1.31 bits per heavy atom. The van der Waals surface area contributed by atoms with Gasteiger partial charge in [-0.1, -0.05) is 0 Å². The van der Waals surface area contributed by atoms with Crippen LogP contribution in [0.25, 0.3) is 0 Å². The Hall–Kier alpha value is -1.46. The molecule has 0 bridgehead atoms. The molecule has 0 spiro atoms. The van der Waals surface area contributed by atoms with Gasteiger partial charge in [-0.05, 0) is 19.2 Å². The van der Waals surface area contributed by atoms with Crippen molar-refractivity contribution in [1.82, 2.24) is 5.32 Å². The fraction of sp³-hybridized carbons (Fsp3) is 0.455. The highest BCUT2D eigenvalue weighted by Gasteiger charge is 2.18. The van der Waals surface area contributed by atoms with Gasteiger partial charge in [-0.25, -0.2) is 0 Å². The number of aliphatic hydroxyl groups excluding tert-OH is 1. The van der Waals surface area contributed by atoms with Gasteiger partial charge in [-0.15, -0.1) is 0 Å². The standard InChI is InChI=1S/C11H17NO4/c1-12-6-8(13)7-4-5-9(15-2)11(16-3)10(7)14/h4-5,8,12-14H,6H2,1-3H3. The predicted octanol–water partition coefficient (Wildman–Crippen LogP) is 0.662. The van der Waals surface area contributed by atoms with Crippen molar-refractivity contribution in [2.24, 2.45) is 0 Å². The summed E-state index contributed by atoms with van der Waals surface area (Å²) in [6, 6.07) is 3.26. The molecule has 1 unspecified atom stereocenters. The molecule has 3 N–H and O–H groups in total. The van der Waals surface area contributed by atoms with Crippen LogP contribution in [-0.4, -0.2) is 38.0 Å². The van der Waals surface area contributed by atoms with Crippen LogP contribution >= 0.6 is 0 Å². The largest absolute Gasteiger partial charge is 0.504 e. The normalized spacial score (nSPS) is 12.2. The van der Waals surface area contributed by atoms with Gasteiger partial charge in [-0.2, -0.15) is 0 Å². The van der Waals surface area contributed by atoms with E-state index < -0.39 is 6.10 Å². The lowest BCUT2D eigenvalue weighted by Crippen LogP contribution is -2.16. The van der Waals surface area contributed by atoms with E-state index in [2.05, 4.69) is 5.32 Å². The third kappa shape index (κ3) is 2.37. The smallest absolute Gasteiger partial charge is 0.203 e. The first-order chi connectivity index (χ1) is 7.65. The average Bonchev–Trinajstić information content (AvgIpc) is 2.28. The first-order valence-electron chi connectivity index (χ1n) is 4.92. The lowest BCUT2D eigenvalue weighted by atomic mass is 10.1. The van der Waals surface area contributed by atoms with Crippen LogP contribution < -0.4 is 14.8 Å². The second-order valence-corrected chi connectivity index (χ2v) is 3.31. The van der Waals surface area contributed by atoms with E-state index >= 15 is 0 Å². The highest BCUT2D eigenvalue weighted by Crippen LogP contribution is 2.40. The number of rotatable bonds is 5. The summed E-state index contributed by atoms with van der Waals surface area (Å²) in [6.07, 6.45) is -0.787. The molecular formula is C11H17NO4. The Kier molecular flexibility index (Phi) is 4.39. The number of aromatic hydroxyl groups is 1. The van der Waals surface area contributed by atoms with Gasteiger partial charge in [0.2, 0.25) is 5.75 Å². The average molecular weight is 227 g/mol. The molecule has 1 atom stereocenters. The number of phenols is 1. The topological polar surface area (TPSA) is 71.0 Å². The Bertz CT molecular complexity index is 354. The minimum Gasteiger partial charge on any atom is -0.504 e. The first kappa shape index (κ1) is 12.6. The molecule has 0 aliphatic carbocycles. The number of methoxy groups -OCH3 is 2. The Morgan fingerprint density at radius 2 is 2.00 bits per heavy atom. The molecule has 16 heavy (non-hydrogen) atoms. The Balaban J connectivity index is 3.13. The van der Waals surface area contributed by atoms with E-state index in [1.54, 1.807) is 19.2 Å². The predicted molar refractivity (Wildman–Crippen MR) is 60.1 cm³/mol. The van der Waals surface area contributed by atoms with Crippen LogP contribution in [0.4, 0.5) is 0 Å². The van der Waals surface area contributed by atoms with Gasteiger partial charge in [-0.3, -0.25) is 0 Å². The number of nitrogens with one attached hydrogen (secondary N) is 1. The molecule has 0 aromatic heterocycles. The fourth-order valence-electron chi connectivity index (χ4n) is 1.50. The van der Waals surface area contributed by atoms with Crippen LogP contribution in [0.2, 0.25) is 0 Å². The minimum absolute atomic E-state index is 0.0930. The van der Waals surface area contributed by atoms with Crippen LogP contribution in [0.3, 0.4) is 0 Å². The molecule has 0 saturated carbocycles. The monoisotopic (exact) mass is 227 g/mol. The van der Waals surface area contributed by atoms with Gasteiger partial charge in [0, 0.05) is 12.1 Å². The highest BCUT2D eigenvalue weighted by molar-refractivity contribution is 5.55. The fourth-order valence-corrected chi connectivity index (χ4v) is 1.50. The molecular weight excluding hydrogens is 210 g/mol. The van der Waals surface area contributed by atoms with Crippen molar-refractivity contribution in [3.05, 3.63) is 17.7 Å². The van der Waals surface area contributed by atoms with Gasteiger partial charge in [0.15, 0.2) is 11.5 Å². The molecule has 0 fully saturated rings. The minimum atomic E-state index is -0.787. The maximum atomic E-state index is 9.91. The molecule has 0 aliphatic heterocycles. The summed E-state index contributed by atoms with van der Waals surface area (Å²) in [4.78, 5) is 0. The van der Waals surface area contributed by atoms with Crippen molar-refractivity contribution in [3.8, 4) is 17.2 Å². The van der Waals surface area contributed by atoms with E-state index in [9.17, 15) is 10.2 Å². The van der Waals surface area contributed by atoms with Gasteiger partial charge >= 0.3 is 0 Å². The number of hydrogen-bond acceptors (Lipinski definition) is 5. The molecule has 0 amide bonds. The van der Waals surface area contributed by atoms with E-state index in [4.69, 9.17) is 9.47 Å². The van der Waals surface area contributed by atoms with Gasteiger partial charge in [0.1, 0.15) is 0 Å². The molecule has 0 heterocycles. The van der Waals surface area contributed by atoms with Crippen LogP contribution in [0.1, 0.15) is 11.7 Å². The van der Waals surface area contributed by atoms with Crippen molar-refractivity contribution < 1.29 is 19.7 Å². The summed E-state index contributed by atoms with van der Waals surface area (Å²) in [5.41, 5.74) is 0.409. The first-order valence-corrected chi connectivity index (χ1v) is 4.92. The number of benzene rings is 1. The van der Waals surface area contributed by atoms with Crippen molar-refractivity contribution in [1.29, 1.82) is 0 Å². The highest BCUT2D eigenvalue weighted by atomic mass is 16.5. The Labute approximate surface area is 94.6 Å². The number of likely N-dealkylation sites (N-methyl/N-ethyl adjacent to an activating group) is 1. The van der Waals surface area contributed by atoms with E-state index in [-0.39, 0.29) is 11.5 Å². The summed E-state index contributed by atoms with van der Waals surface area (Å²) in [6.45, 7) is 0.350. The van der Waals surface area contributed by atoms with E-state index in [1.165, 1.54) is 14.2 Å². The van der Waals surface area contributed by atoms with E-state index in [0.29, 0.717) is 17.9 Å². The van der Waals surface area contributed by atoms with Gasteiger partial charge < -0.3 is 25.0 Å². The van der Waals surface area contributed by atoms with Crippen LogP contribution in [0.15, 0.2) is 12.1 Å². The van der Waals surface area contributed by atoms with E-state index in [0.717, 1.165) is 0 Å². The zero-order valence-electron chi connectivity index (χ0n) is 9.65. The summed E-state index contributed by atoms with van der Waals surface area (Å²) in [5, 5.41) is 22.5. The summed E-state index contributed by atoms with van der Waals surface area (Å²) in [5.74, 6) is 0.570. The quantitative estimate of drug-likeness (QED) is 0.689. The molecule has 1 aromatic rings. The molecule has 0 radical (unpaired) electrons. The number of phenolic OH excluding ortho intramolecular Hbond substituents is 1. The molecule has 90 valence electrons. The van der Waals surface area contributed by atoms with Gasteiger partial charge in [0.05, 0.1) is 20.3 Å². The SMILES string of the molecule is CNCC(O)c1ccc(OC)c(OC)c1O. The van der Waals surface area contributed by atoms with E-state index in [1.807, 2.05) is 0 Å². The summed E-state index contributed by atoms with van der Waals surface area (Å²) in [7, 11) is 4.65. The summed E-state index contributed by atoms with van der Waals surface area (Å²) < 4.78 is 10.1. The molecule has 0 saturated heterocycles. The third-order valence-electron chi connectivity index (χ3n) is 2.31. The van der Waals surface area contributed by atoms with Crippen molar-refractivity contribution >= 4 is 0 Å². The lowest BCUT2D eigenvalue weighted by Gasteiger charge is -2.16. The lowest BCUT2D eigenvalue weighted by molar-refractivity contribution is 0.172. The molecule has 1 aromatic carbocycles. The maximum absolute atomic E-state index is 9.91. The molecule has 5 heteroatoms.